The zero-order chi connectivity index (χ0) is 21.4. The molecule has 4 rings (SSSR count). The van der Waals surface area contributed by atoms with Crippen molar-refractivity contribution in [2.75, 3.05) is 13.2 Å². The molecule has 0 saturated carbocycles. The van der Waals surface area contributed by atoms with Crippen molar-refractivity contribution in [3.63, 3.8) is 0 Å². The number of aliphatic carboxylic acids is 1. The third-order valence-electron chi connectivity index (χ3n) is 5.95. The predicted octanol–water partition coefficient (Wildman–Crippen LogP) is 6.03. The maximum Gasteiger partial charge on any atom is 0.303 e. The van der Waals surface area contributed by atoms with Crippen LogP contribution in [0.4, 0.5) is 0 Å². The number of ether oxygens (including phenoxy) is 3. The molecule has 172 valence electrons. The van der Waals surface area contributed by atoms with Crippen molar-refractivity contribution < 1.29 is 24.1 Å². The van der Waals surface area contributed by atoms with Gasteiger partial charge >= 0.3 is 5.97 Å². The lowest BCUT2D eigenvalue weighted by atomic mass is 9.90. The Labute approximate surface area is 182 Å². The number of hydrogen-bond acceptors (Lipinski definition) is 4. The van der Waals surface area contributed by atoms with Crippen LogP contribution in [-0.4, -0.2) is 42.8 Å². The SMILES string of the molecule is C1CC2CC(O1)O2.CCCCCC/C=C/[C@H]1OCCC[C@@H]1C/C=C/CCCC(=O)O. The summed E-state index contributed by atoms with van der Waals surface area (Å²) in [6, 6.07) is 0. The van der Waals surface area contributed by atoms with E-state index >= 15 is 0 Å². The zero-order valence-corrected chi connectivity index (χ0v) is 18.8. The summed E-state index contributed by atoms with van der Waals surface area (Å²) in [6.07, 6.45) is 23.8. The summed E-state index contributed by atoms with van der Waals surface area (Å²) >= 11 is 0. The van der Waals surface area contributed by atoms with E-state index in [4.69, 9.17) is 19.3 Å². The van der Waals surface area contributed by atoms with Crippen LogP contribution in [-0.2, 0) is 19.0 Å². The number of fused-ring (bicyclic) bond motifs is 2. The van der Waals surface area contributed by atoms with Crippen LogP contribution in [0.15, 0.2) is 24.3 Å². The number of carboxylic acids is 1. The molecular formula is C25H42O5. The molecule has 0 amide bonds. The molecule has 0 radical (unpaired) electrons. The summed E-state index contributed by atoms with van der Waals surface area (Å²) in [4.78, 5) is 10.5. The molecule has 5 heteroatoms. The van der Waals surface area contributed by atoms with Gasteiger partial charge in [0.25, 0.3) is 0 Å². The first-order valence-electron chi connectivity index (χ1n) is 12.1. The minimum Gasteiger partial charge on any atom is -0.481 e. The number of allylic oxidation sites excluding steroid dienone is 3. The maximum atomic E-state index is 10.5. The molecule has 2 bridgehead atoms. The third kappa shape index (κ3) is 10.7. The van der Waals surface area contributed by atoms with Crippen LogP contribution < -0.4 is 0 Å². The number of carboxylic acid groups (broad SMARTS) is 1. The largest absolute Gasteiger partial charge is 0.481 e. The van der Waals surface area contributed by atoms with Crippen LogP contribution in [0.5, 0.6) is 0 Å². The van der Waals surface area contributed by atoms with E-state index in [0.717, 1.165) is 58.2 Å². The first kappa shape index (κ1) is 25.1. The Balaban J connectivity index is 0.000000375. The molecule has 4 fully saturated rings. The van der Waals surface area contributed by atoms with Gasteiger partial charge in [-0.05, 0) is 57.3 Å². The van der Waals surface area contributed by atoms with Crippen molar-refractivity contribution in [2.45, 2.75) is 109 Å². The summed E-state index contributed by atoms with van der Waals surface area (Å²) < 4.78 is 16.2. The van der Waals surface area contributed by atoms with Gasteiger partial charge in [0.1, 0.15) is 0 Å². The second-order valence-electron chi connectivity index (χ2n) is 8.59. The lowest BCUT2D eigenvalue weighted by Crippen LogP contribution is -2.45. The molecule has 0 aliphatic carbocycles. The van der Waals surface area contributed by atoms with Gasteiger partial charge in [-0.3, -0.25) is 4.79 Å². The Morgan fingerprint density at radius 2 is 1.83 bits per heavy atom. The second kappa shape index (κ2) is 15.6. The highest BCUT2D eigenvalue weighted by atomic mass is 16.7. The molecule has 0 aromatic carbocycles. The average Bonchev–Trinajstić information content (AvgIpc) is 2.74. The molecule has 0 spiro atoms. The molecule has 4 atom stereocenters. The van der Waals surface area contributed by atoms with E-state index in [1.165, 1.54) is 32.1 Å². The van der Waals surface area contributed by atoms with Crippen LogP contribution >= 0.6 is 0 Å². The molecule has 30 heavy (non-hydrogen) atoms. The monoisotopic (exact) mass is 422 g/mol. The van der Waals surface area contributed by atoms with Crippen molar-refractivity contribution >= 4 is 5.97 Å². The minimum atomic E-state index is -0.705. The minimum absolute atomic E-state index is 0.179. The standard InChI is InChI=1S/C20H34O3.C5H8O2/c1-2-3-4-5-6-10-15-19-18(14-12-17-23-19)13-9-7-8-11-16-20(21)22;1-2-6-5-3-4(1)7-5/h7,9-10,15,18-19H,2-6,8,11-14,16-17H2,1H3,(H,21,22);4-5H,1-3H2/b9-7+,15-10+;/t18-,19+;/m0./s1. The summed E-state index contributed by atoms with van der Waals surface area (Å²) in [5.74, 6) is -0.130. The van der Waals surface area contributed by atoms with Crippen molar-refractivity contribution in [1.82, 2.24) is 0 Å². The van der Waals surface area contributed by atoms with E-state index in [2.05, 4.69) is 31.2 Å². The van der Waals surface area contributed by atoms with Gasteiger partial charge in [-0.15, -0.1) is 0 Å². The lowest BCUT2D eigenvalue weighted by Gasteiger charge is -2.40. The highest BCUT2D eigenvalue weighted by molar-refractivity contribution is 5.66. The van der Waals surface area contributed by atoms with Crippen molar-refractivity contribution in [3.8, 4) is 0 Å². The van der Waals surface area contributed by atoms with Gasteiger partial charge in [-0.25, -0.2) is 0 Å². The topological polar surface area (TPSA) is 65.0 Å². The smallest absolute Gasteiger partial charge is 0.303 e. The lowest BCUT2D eigenvalue weighted by molar-refractivity contribution is -0.297. The number of carbonyl (C=O) groups is 1. The van der Waals surface area contributed by atoms with Crippen molar-refractivity contribution in [3.05, 3.63) is 24.3 Å². The van der Waals surface area contributed by atoms with Crippen LogP contribution in [0.3, 0.4) is 0 Å². The molecule has 5 nitrogen and oxygen atoms in total. The molecule has 0 aromatic heterocycles. The molecule has 1 N–H and O–H groups in total. The Morgan fingerprint density at radius 3 is 2.47 bits per heavy atom. The van der Waals surface area contributed by atoms with E-state index in [0.29, 0.717) is 12.0 Å². The highest BCUT2D eigenvalue weighted by Gasteiger charge is 2.34. The fraction of sp³-hybridized carbons (Fsp3) is 0.800. The average molecular weight is 423 g/mol. The van der Waals surface area contributed by atoms with Crippen LogP contribution in [0, 0.1) is 5.92 Å². The van der Waals surface area contributed by atoms with Gasteiger partial charge in [0.2, 0.25) is 0 Å². The summed E-state index contributed by atoms with van der Waals surface area (Å²) in [7, 11) is 0. The first-order valence-corrected chi connectivity index (χ1v) is 12.1. The van der Waals surface area contributed by atoms with Crippen LogP contribution in [0.2, 0.25) is 0 Å². The van der Waals surface area contributed by atoms with E-state index in [-0.39, 0.29) is 18.8 Å². The summed E-state index contributed by atoms with van der Waals surface area (Å²) in [5, 5.41) is 8.61. The number of unbranched alkanes of at least 4 members (excludes halogenated alkanes) is 5. The zero-order valence-electron chi connectivity index (χ0n) is 18.8. The van der Waals surface area contributed by atoms with E-state index in [1.807, 2.05) is 0 Å². The molecule has 4 saturated heterocycles. The Bertz CT molecular complexity index is 496. The van der Waals surface area contributed by atoms with E-state index < -0.39 is 5.97 Å². The van der Waals surface area contributed by atoms with Gasteiger partial charge in [-0.1, -0.05) is 50.5 Å². The van der Waals surface area contributed by atoms with Gasteiger partial charge in [-0.2, -0.15) is 0 Å². The van der Waals surface area contributed by atoms with Gasteiger partial charge in [0.15, 0.2) is 6.29 Å². The normalized spacial score (nSPS) is 28.2. The van der Waals surface area contributed by atoms with Gasteiger partial charge in [0, 0.05) is 19.4 Å². The van der Waals surface area contributed by atoms with Gasteiger partial charge in [0.05, 0.1) is 18.8 Å². The number of rotatable bonds is 12. The fourth-order valence-corrected chi connectivity index (χ4v) is 4.05. The van der Waals surface area contributed by atoms with Gasteiger partial charge < -0.3 is 19.3 Å². The Morgan fingerprint density at radius 1 is 1.00 bits per heavy atom. The molecule has 2 unspecified atom stereocenters. The quantitative estimate of drug-likeness (QED) is 0.307. The Kier molecular flexibility index (Phi) is 13.1. The first-order chi connectivity index (χ1) is 14.7. The highest BCUT2D eigenvalue weighted by Crippen LogP contribution is 2.29. The molecule has 4 aliphatic rings. The summed E-state index contributed by atoms with van der Waals surface area (Å²) in [5.41, 5.74) is 0. The maximum absolute atomic E-state index is 10.5. The predicted molar refractivity (Wildman–Crippen MR) is 119 cm³/mol. The third-order valence-corrected chi connectivity index (χ3v) is 5.95. The molecule has 4 aliphatic heterocycles. The Hall–Kier alpha value is -1.17. The molecule has 0 aromatic rings. The molecule has 4 heterocycles. The molecular weight excluding hydrogens is 380 g/mol. The number of hydrogen-bond donors (Lipinski definition) is 1. The van der Waals surface area contributed by atoms with Crippen LogP contribution in [0.1, 0.15) is 90.4 Å². The van der Waals surface area contributed by atoms with E-state index in [9.17, 15) is 4.79 Å². The van der Waals surface area contributed by atoms with Crippen molar-refractivity contribution in [1.29, 1.82) is 0 Å². The summed E-state index contributed by atoms with van der Waals surface area (Å²) in [6.45, 7) is 4.03. The fourth-order valence-electron chi connectivity index (χ4n) is 4.05. The second-order valence-corrected chi connectivity index (χ2v) is 8.59. The van der Waals surface area contributed by atoms with E-state index in [1.54, 1.807) is 0 Å². The van der Waals surface area contributed by atoms with Crippen molar-refractivity contribution in [2.24, 2.45) is 5.92 Å². The van der Waals surface area contributed by atoms with Crippen LogP contribution in [0.25, 0.3) is 0 Å².